The Bertz CT molecular complexity index is 1230. The summed E-state index contributed by atoms with van der Waals surface area (Å²) in [6.07, 6.45) is 4.39. The van der Waals surface area contributed by atoms with Gasteiger partial charge in [-0.2, -0.15) is 19.2 Å². The smallest absolute Gasteiger partial charge is 0.683 e. The molecule has 1 atom stereocenters. The fourth-order valence-electron chi connectivity index (χ4n) is 4.28. The molecule has 4 rings (SSSR count). The van der Waals surface area contributed by atoms with E-state index < -0.39 is 0 Å². The Kier molecular flexibility index (Phi) is 12.1. The molecule has 1 aliphatic heterocycles. The van der Waals surface area contributed by atoms with Crippen molar-refractivity contribution >= 4 is 23.2 Å². The van der Waals surface area contributed by atoms with Crippen molar-refractivity contribution in [3.05, 3.63) is 119 Å². The minimum atomic E-state index is -0.113. The molecule has 0 fully saturated rings. The Morgan fingerprint density at radius 2 is 1.76 bits per heavy atom. The van der Waals surface area contributed by atoms with Crippen LogP contribution < -0.4 is 10.1 Å². The van der Waals surface area contributed by atoms with Gasteiger partial charge < -0.3 is 15.0 Å². The third kappa shape index (κ3) is 9.43. The van der Waals surface area contributed by atoms with Crippen LogP contribution in [0, 0.1) is 44.3 Å². The molecule has 1 aliphatic rings. The Balaban J connectivity index is 0.00000400. The zero-order valence-electron chi connectivity index (χ0n) is 21.6. The van der Waals surface area contributed by atoms with Gasteiger partial charge in [0.05, 0.1) is 0 Å². The average Bonchev–Trinajstić information content (AvgIpc) is 3.38. The van der Waals surface area contributed by atoms with Crippen molar-refractivity contribution in [1.82, 2.24) is 10.2 Å². The number of aryl methyl sites for hydroxylation is 1. The Morgan fingerprint density at radius 3 is 2.45 bits per heavy atom. The zero-order valence-corrected chi connectivity index (χ0v) is 26.5. The van der Waals surface area contributed by atoms with Crippen LogP contribution in [0.5, 0.6) is 5.75 Å². The Hall–Kier alpha value is -2.36. The molecule has 0 radical (unpaired) electrons. The number of carbonyl (C=O) groups excluding carboxylic acids is 1. The van der Waals surface area contributed by atoms with Crippen LogP contribution >= 0.6 is 11.6 Å². The van der Waals surface area contributed by atoms with E-state index in [1.165, 1.54) is 5.56 Å². The van der Waals surface area contributed by atoms with Crippen LogP contribution in [0.3, 0.4) is 0 Å². The van der Waals surface area contributed by atoms with Crippen molar-refractivity contribution in [2.75, 3.05) is 6.54 Å². The number of ether oxygens (including phenoxy) is 1. The van der Waals surface area contributed by atoms with E-state index in [4.69, 9.17) is 21.3 Å². The monoisotopic (exact) mass is 751 g/mol. The first kappa shape index (κ1) is 30.2. The summed E-state index contributed by atoms with van der Waals surface area (Å²) in [5, 5.41) is 3.81. The number of amides is 1. The maximum absolute atomic E-state index is 12.8. The molecule has 0 spiro atoms. The number of nitrogens with one attached hydrogen (secondary N) is 1. The van der Waals surface area contributed by atoms with Crippen LogP contribution in [0.4, 0.5) is 0 Å². The zero-order chi connectivity index (χ0) is 26.0. The number of hydrogen-bond donors (Lipinski definition) is 1. The van der Waals surface area contributed by atoms with Crippen molar-refractivity contribution in [3.8, 4) is 5.75 Å². The van der Waals surface area contributed by atoms with E-state index in [2.05, 4.69) is 35.5 Å². The van der Waals surface area contributed by atoms with Crippen LogP contribution in [0.15, 0.2) is 89.6 Å². The van der Waals surface area contributed by atoms with E-state index >= 15 is 0 Å². The molecule has 0 aromatic heterocycles. The van der Waals surface area contributed by atoms with E-state index in [9.17, 15) is 4.79 Å². The van der Waals surface area contributed by atoms with Crippen molar-refractivity contribution in [1.29, 1.82) is 0 Å². The van der Waals surface area contributed by atoms with Crippen LogP contribution in [0.25, 0.3) is 0 Å². The standard InChI is InChI=1S/C31H32ClN3O2.U/c1-23(8-9-24-6-4-3-5-7-24)33-31(36)30-19-16-28(34-30)22-35(20-25-10-14-27(32)15-11-25)21-26-12-17-29(37-2)18-13-26;/h3-7,10-15,17,19,23H,2,8-9,16,20-22H2,1H3,(H,33,36);/q-2;+2. The van der Waals surface area contributed by atoms with E-state index in [0.29, 0.717) is 36.0 Å². The van der Waals surface area contributed by atoms with Gasteiger partial charge in [0.25, 0.3) is 5.91 Å². The van der Waals surface area contributed by atoms with Gasteiger partial charge in [0, 0.05) is 36.3 Å². The molecule has 3 aromatic rings. The molecule has 0 bridgehead atoms. The number of carbonyl (C=O) groups is 1. The molecule has 5 nitrogen and oxygen atoms in total. The first-order chi connectivity index (χ1) is 18.0. The number of benzene rings is 3. The Morgan fingerprint density at radius 1 is 1.05 bits per heavy atom. The minimum Gasteiger partial charge on any atom is -0.683 e. The molecule has 194 valence electrons. The topological polar surface area (TPSA) is 53.9 Å². The van der Waals surface area contributed by atoms with Gasteiger partial charge >= 0.3 is 31.1 Å². The van der Waals surface area contributed by atoms with Gasteiger partial charge in [-0.3, -0.25) is 9.79 Å². The number of halogens is 1. The first-order valence-electron chi connectivity index (χ1n) is 12.5. The summed E-state index contributed by atoms with van der Waals surface area (Å²) in [6, 6.07) is 27.1. The summed E-state index contributed by atoms with van der Waals surface area (Å²) < 4.78 is 4.99. The van der Waals surface area contributed by atoms with Crippen LogP contribution in [0.1, 0.15) is 36.5 Å². The molecule has 0 saturated heterocycles. The second-order valence-electron chi connectivity index (χ2n) is 9.35. The largest absolute Gasteiger partial charge is 2.00 e. The third-order valence-corrected chi connectivity index (χ3v) is 6.52. The predicted molar refractivity (Wildman–Crippen MR) is 149 cm³/mol. The van der Waals surface area contributed by atoms with Gasteiger partial charge in [0.2, 0.25) is 0 Å². The summed E-state index contributed by atoms with van der Waals surface area (Å²) in [6.45, 7) is 4.11. The van der Waals surface area contributed by atoms with E-state index in [-0.39, 0.29) is 43.1 Å². The maximum atomic E-state index is 12.8. The summed E-state index contributed by atoms with van der Waals surface area (Å²) in [4.78, 5) is 19.8. The summed E-state index contributed by atoms with van der Waals surface area (Å²) >= 11 is 6.08. The molecule has 1 heterocycles. The second kappa shape index (κ2) is 15.3. The third-order valence-electron chi connectivity index (χ3n) is 6.26. The summed E-state index contributed by atoms with van der Waals surface area (Å²) in [7, 11) is 3.43. The van der Waals surface area contributed by atoms with Crippen LogP contribution in [0.2, 0.25) is 5.02 Å². The van der Waals surface area contributed by atoms with Gasteiger partial charge in [-0.15, -0.1) is 17.7 Å². The summed E-state index contributed by atoms with van der Waals surface area (Å²) in [5.74, 6) is 0.490. The number of allylic oxidation sites excluding steroid dienone is 1. The normalized spacial score (nSPS) is 13.4. The maximum Gasteiger partial charge on any atom is 2.00 e. The van der Waals surface area contributed by atoms with E-state index in [1.807, 2.05) is 73.7 Å². The van der Waals surface area contributed by atoms with E-state index in [1.54, 1.807) is 0 Å². The molecule has 7 heteroatoms. The molecule has 0 aliphatic carbocycles. The fourth-order valence-corrected chi connectivity index (χ4v) is 4.41. The fraction of sp³-hybridized carbons (Fsp3) is 0.258. The van der Waals surface area contributed by atoms with Crippen LogP contribution in [-0.2, 0) is 24.3 Å². The molecular formula is C31H32ClN3O2U. The van der Waals surface area contributed by atoms with Crippen molar-refractivity contribution in [3.63, 3.8) is 0 Å². The van der Waals surface area contributed by atoms with Gasteiger partial charge in [0.1, 0.15) is 5.70 Å². The number of aliphatic imine (C=N–C) groups is 1. The molecule has 1 amide bonds. The van der Waals surface area contributed by atoms with Gasteiger partial charge in [-0.05, 0) is 61.4 Å². The predicted octanol–water partition coefficient (Wildman–Crippen LogP) is 6.18. The van der Waals surface area contributed by atoms with Gasteiger partial charge in [-0.1, -0.05) is 54.1 Å². The number of rotatable bonds is 12. The molecule has 1 unspecified atom stereocenters. The SMILES string of the molecule is [CH2-]Oc1[c-]cc(CN(CC2=NC(C(=O)NC(C)CCc3ccccc3)=CC2)Cc2ccc(Cl)cc2)cc1.[U+2]. The quantitative estimate of drug-likeness (QED) is 0.225. The van der Waals surface area contributed by atoms with Gasteiger partial charge in [-0.25, -0.2) is 0 Å². The average molecular weight is 752 g/mol. The number of nitrogens with zero attached hydrogens (tertiary/aromatic N) is 2. The van der Waals surface area contributed by atoms with Gasteiger partial charge in [0.15, 0.2) is 0 Å². The molecule has 38 heavy (non-hydrogen) atoms. The van der Waals surface area contributed by atoms with Crippen molar-refractivity contribution in [2.24, 2.45) is 4.99 Å². The van der Waals surface area contributed by atoms with E-state index in [0.717, 1.165) is 36.2 Å². The summed E-state index contributed by atoms with van der Waals surface area (Å²) in [5.41, 5.74) is 5.00. The Labute approximate surface area is 254 Å². The van der Waals surface area contributed by atoms with Crippen LogP contribution in [-0.4, -0.2) is 29.1 Å². The van der Waals surface area contributed by atoms with Crippen molar-refractivity contribution < 1.29 is 40.6 Å². The van der Waals surface area contributed by atoms with Crippen molar-refractivity contribution in [2.45, 2.75) is 45.3 Å². The molecular weight excluding hydrogens is 720 g/mol. The minimum absolute atomic E-state index is 0. The molecule has 0 saturated carbocycles. The first-order valence-corrected chi connectivity index (χ1v) is 12.9. The second-order valence-corrected chi connectivity index (χ2v) is 9.78. The number of hydrogen-bond acceptors (Lipinski definition) is 4. The molecule has 3 aromatic carbocycles. The molecule has 1 N–H and O–H groups in total.